The summed E-state index contributed by atoms with van der Waals surface area (Å²) >= 11 is 0. The molecule has 0 unspecified atom stereocenters. The third-order valence-electron chi connectivity index (χ3n) is 7.30. The molecule has 2 aromatic carbocycles. The van der Waals surface area contributed by atoms with Crippen molar-refractivity contribution >= 4 is 17.3 Å². The van der Waals surface area contributed by atoms with Gasteiger partial charge in [-0.2, -0.15) is 0 Å². The fraction of sp³-hybridized carbons (Fsp3) is 0.387. The van der Waals surface area contributed by atoms with Crippen molar-refractivity contribution in [3.63, 3.8) is 0 Å². The predicted octanol–water partition coefficient (Wildman–Crippen LogP) is 6.58. The van der Waals surface area contributed by atoms with Crippen LogP contribution in [0.5, 0.6) is 11.5 Å². The number of carbonyl (C=O) groups is 1. The van der Waals surface area contributed by atoms with Gasteiger partial charge in [-0.15, -0.1) is 0 Å². The molecule has 1 aromatic heterocycles. The molecular weight excluding hydrogens is 493 g/mol. The third kappa shape index (κ3) is 5.96. The minimum atomic E-state index is -0.511. The molecule has 0 saturated carbocycles. The largest absolute Gasteiger partial charge is 0.457 e. The summed E-state index contributed by atoms with van der Waals surface area (Å²) in [4.78, 5) is 21.7. The number of nitrogens with zero attached hydrogens (tertiary/aromatic N) is 3. The molecule has 1 atom stereocenters. The van der Waals surface area contributed by atoms with Crippen LogP contribution in [0, 0.1) is 11.2 Å². The molecule has 1 fully saturated rings. The maximum absolute atomic E-state index is 15.2. The lowest BCUT2D eigenvalue weighted by Gasteiger charge is -2.27. The molecule has 206 valence electrons. The van der Waals surface area contributed by atoms with Crippen LogP contribution in [-0.4, -0.2) is 59.1 Å². The molecule has 0 radical (unpaired) electrons. The molecule has 2 aliphatic heterocycles. The highest BCUT2D eigenvalue weighted by Crippen LogP contribution is 2.34. The van der Waals surface area contributed by atoms with Crippen molar-refractivity contribution in [1.29, 1.82) is 5.41 Å². The zero-order valence-corrected chi connectivity index (χ0v) is 23.5. The number of aromatic nitrogens is 1. The van der Waals surface area contributed by atoms with Gasteiger partial charge in [-0.3, -0.25) is 14.7 Å². The molecule has 2 aliphatic rings. The Bertz CT molecular complexity index is 1360. The molecule has 0 aliphatic carbocycles. The summed E-state index contributed by atoms with van der Waals surface area (Å²) < 4.78 is 21.3. The highest BCUT2D eigenvalue weighted by Gasteiger charge is 2.34. The van der Waals surface area contributed by atoms with Crippen molar-refractivity contribution in [3.8, 4) is 22.8 Å². The second-order valence-electron chi connectivity index (χ2n) is 9.66. The van der Waals surface area contributed by atoms with E-state index in [9.17, 15) is 4.79 Å². The predicted molar refractivity (Wildman–Crippen MR) is 155 cm³/mol. The van der Waals surface area contributed by atoms with Crippen LogP contribution < -0.4 is 10.1 Å². The number of pyridine rings is 1. The fourth-order valence-corrected chi connectivity index (χ4v) is 5.42. The van der Waals surface area contributed by atoms with Gasteiger partial charge in [0, 0.05) is 67.0 Å². The van der Waals surface area contributed by atoms with Gasteiger partial charge in [0.15, 0.2) is 0 Å². The van der Waals surface area contributed by atoms with Gasteiger partial charge in [0.05, 0.1) is 11.3 Å². The Morgan fingerprint density at radius 1 is 1.18 bits per heavy atom. The van der Waals surface area contributed by atoms with Crippen molar-refractivity contribution in [3.05, 3.63) is 71.2 Å². The van der Waals surface area contributed by atoms with Gasteiger partial charge in [0.25, 0.3) is 5.91 Å². The molecule has 7 nitrogen and oxygen atoms in total. The first-order valence-corrected chi connectivity index (χ1v) is 13.7. The van der Waals surface area contributed by atoms with E-state index in [1.54, 1.807) is 37.2 Å². The number of rotatable bonds is 8. The second-order valence-corrected chi connectivity index (χ2v) is 9.66. The molecule has 2 N–H and O–H groups in total. The van der Waals surface area contributed by atoms with Crippen LogP contribution in [0.3, 0.4) is 0 Å². The van der Waals surface area contributed by atoms with Crippen LogP contribution in [0.2, 0.25) is 0 Å². The average Bonchev–Trinajstić information content (AvgIpc) is 3.53. The molecule has 0 bridgehead atoms. The lowest BCUT2D eigenvalue weighted by molar-refractivity contribution is 0.0728. The molecule has 3 heterocycles. The number of hydrogen-bond acceptors (Lipinski definition) is 6. The Kier molecular flexibility index (Phi) is 8.97. The summed E-state index contributed by atoms with van der Waals surface area (Å²) in [5.74, 6) is 0.436. The van der Waals surface area contributed by atoms with Gasteiger partial charge < -0.3 is 20.4 Å². The number of carbonyl (C=O) groups excluding carboxylic acids is 1. The summed E-state index contributed by atoms with van der Waals surface area (Å²) in [6.07, 6.45) is 3.83. The Hall–Kier alpha value is -3.78. The van der Waals surface area contributed by atoms with Crippen molar-refractivity contribution in [2.75, 3.05) is 32.0 Å². The van der Waals surface area contributed by atoms with Gasteiger partial charge in [-0.1, -0.05) is 20.8 Å². The highest BCUT2D eigenvalue weighted by molar-refractivity contribution is 6.01. The Balaban J connectivity index is 0.00000172. The summed E-state index contributed by atoms with van der Waals surface area (Å²) in [5.41, 5.74) is 4.12. The number of halogens is 1. The average molecular weight is 532 g/mol. The summed E-state index contributed by atoms with van der Waals surface area (Å²) in [6.45, 7) is 10.9. The second kappa shape index (κ2) is 12.4. The van der Waals surface area contributed by atoms with Crippen LogP contribution in [0.25, 0.3) is 11.3 Å². The smallest absolute Gasteiger partial charge is 0.257 e. The van der Waals surface area contributed by atoms with E-state index < -0.39 is 5.82 Å². The maximum atomic E-state index is 15.2. The molecule has 3 aromatic rings. The zero-order chi connectivity index (χ0) is 28.1. The number of anilines is 1. The van der Waals surface area contributed by atoms with Gasteiger partial charge >= 0.3 is 0 Å². The standard InChI is InChI=1S/C29H32FN5O2.C2H6/c1-4-34-11-5-6-21(34)17-35-16-20-12-19(13-25(30)28(20)29(35)36)26-14-23(9-10-33-26)37-22-7-8-24(18(2)31)27(15-22)32-3;1-2/h7-10,12-15,21,31-32H,4-6,11,16-17H2,1-3H3;1-2H3/t21-;/m0./s1. The van der Waals surface area contributed by atoms with E-state index in [1.807, 2.05) is 38.1 Å². The Labute approximate surface area is 230 Å². The topological polar surface area (TPSA) is 81.6 Å². The molecule has 5 rings (SSSR count). The molecule has 0 spiro atoms. The molecule has 39 heavy (non-hydrogen) atoms. The zero-order valence-electron chi connectivity index (χ0n) is 23.5. The third-order valence-corrected chi connectivity index (χ3v) is 7.30. The SMILES string of the molecule is CC.CCN1CCC[C@H]1CN1Cc2cc(-c3cc(Oc4ccc(C(C)=N)c(NC)c4)ccn3)cc(F)c2C1=O. The number of benzene rings is 2. The van der Waals surface area contributed by atoms with Crippen molar-refractivity contribution in [1.82, 2.24) is 14.8 Å². The lowest BCUT2D eigenvalue weighted by Crippen LogP contribution is -2.40. The Morgan fingerprint density at radius 2 is 1.95 bits per heavy atom. The van der Waals surface area contributed by atoms with Crippen molar-refractivity contribution in [2.24, 2.45) is 0 Å². The van der Waals surface area contributed by atoms with Crippen molar-refractivity contribution in [2.45, 2.75) is 53.1 Å². The highest BCUT2D eigenvalue weighted by atomic mass is 19.1. The molecule has 1 saturated heterocycles. The number of amides is 1. The molecule has 1 amide bonds. The van der Waals surface area contributed by atoms with Gasteiger partial charge in [0.2, 0.25) is 0 Å². The van der Waals surface area contributed by atoms with E-state index in [0.717, 1.165) is 37.2 Å². The van der Waals surface area contributed by atoms with Gasteiger partial charge in [0.1, 0.15) is 17.3 Å². The minimum Gasteiger partial charge on any atom is -0.457 e. The van der Waals surface area contributed by atoms with Crippen LogP contribution >= 0.6 is 0 Å². The van der Waals surface area contributed by atoms with Crippen LogP contribution in [0.4, 0.5) is 10.1 Å². The van der Waals surface area contributed by atoms with Crippen molar-refractivity contribution < 1.29 is 13.9 Å². The number of nitrogens with one attached hydrogen (secondary N) is 2. The number of hydrogen-bond donors (Lipinski definition) is 2. The van der Waals surface area contributed by atoms with E-state index in [4.69, 9.17) is 10.1 Å². The van der Waals surface area contributed by atoms with Crippen LogP contribution in [0.15, 0.2) is 48.7 Å². The van der Waals surface area contributed by atoms with Crippen LogP contribution in [0.1, 0.15) is 62.0 Å². The Morgan fingerprint density at radius 3 is 2.67 bits per heavy atom. The van der Waals surface area contributed by atoms with E-state index in [1.165, 1.54) is 6.07 Å². The molecule has 8 heteroatoms. The summed E-state index contributed by atoms with van der Waals surface area (Å²) in [7, 11) is 1.80. The fourth-order valence-electron chi connectivity index (χ4n) is 5.42. The first-order valence-electron chi connectivity index (χ1n) is 13.7. The first-order chi connectivity index (χ1) is 18.9. The first kappa shape index (κ1) is 28.2. The number of ether oxygens (including phenoxy) is 1. The number of fused-ring (bicyclic) bond motifs is 1. The lowest BCUT2D eigenvalue weighted by atomic mass is 10.0. The van der Waals surface area contributed by atoms with Crippen LogP contribution in [-0.2, 0) is 6.54 Å². The van der Waals surface area contributed by atoms with E-state index in [-0.39, 0.29) is 11.5 Å². The quantitative estimate of drug-likeness (QED) is 0.321. The maximum Gasteiger partial charge on any atom is 0.257 e. The van der Waals surface area contributed by atoms with E-state index in [2.05, 4.69) is 22.1 Å². The summed E-state index contributed by atoms with van der Waals surface area (Å²) in [6, 6.07) is 12.6. The number of likely N-dealkylation sites (N-methyl/N-ethyl adjacent to an activating group) is 1. The molecular formula is C31H38FN5O2. The normalized spacial score (nSPS) is 16.5. The van der Waals surface area contributed by atoms with E-state index >= 15 is 4.39 Å². The van der Waals surface area contributed by atoms with E-state index in [0.29, 0.717) is 53.2 Å². The van der Waals surface area contributed by atoms with Gasteiger partial charge in [-0.05, 0) is 68.8 Å². The monoisotopic (exact) mass is 531 g/mol. The minimum absolute atomic E-state index is 0.179. The number of likely N-dealkylation sites (tertiary alicyclic amines) is 1. The summed E-state index contributed by atoms with van der Waals surface area (Å²) in [5, 5.41) is 11.0. The van der Waals surface area contributed by atoms with Gasteiger partial charge in [-0.25, -0.2) is 4.39 Å².